The summed E-state index contributed by atoms with van der Waals surface area (Å²) in [6, 6.07) is 4.26. The molecule has 134 valence electrons. The molecule has 0 bridgehead atoms. The maximum Gasteiger partial charge on any atom is 0.261 e. The Labute approximate surface area is 154 Å². The van der Waals surface area contributed by atoms with Gasteiger partial charge in [0, 0.05) is 29.4 Å². The molecular weight excluding hydrogens is 369 g/mol. The molecule has 7 nitrogen and oxygen atoms in total. The van der Waals surface area contributed by atoms with Gasteiger partial charge in [-0.05, 0) is 18.2 Å². The molecule has 0 saturated carbocycles. The van der Waals surface area contributed by atoms with Crippen LogP contribution < -0.4 is 4.74 Å². The SMILES string of the molecule is CCc1nnc([C@H]2C[C@@H](O)CN2C(=O)COc2cc(Cl)cc(Cl)c2)o1. The largest absolute Gasteiger partial charge is 0.484 e. The van der Waals surface area contributed by atoms with Crippen molar-refractivity contribution in [3.8, 4) is 5.75 Å². The Kier molecular flexibility index (Phi) is 5.46. The van der Waals surface area contributed by atoms with Gasteiger partial charge < -0.3 is 19.2 Å². The van der Waals surface area contributed by atoms with E-state index in [9.17, 15) is 9.90 Å². The second kappa shape index (κ2) is 7.59. The monoisotopic (exact) mass is 385 g/mol. The molecule has 2 heterocycles. The number of nitrogens with zero attached hydrogens (tertiary/aromatic N) is 3. The summed E-state index contributed by atoms with van der Waals surface area (Å²) in [5.41, 5.74) is 0. The normalized spacial score (nSPS) is 20.1. The fraction of sp³-hybridized carbons (Fsp3) is 0.438. The molecule has 1 aliphatic heterocycles. The molecule has 9 heteroatoms. The van der Waals surface area contributed by atoms with E-state index in [4.69, 9.17) is 32.4 Å². The van der Waals surface area contributed by atoms with Gasteiger partial charge in [0.25, 0.3) is 5.91 Å². The molecule has 1 aliphatic rings. The summed E-state index contributed by atoms with van der Waals surface area (Å²) in [6.45, 7) is 1.87. The minimum absolute atomic E-state index is 0.188. The first-order chi connectivity index (χ1) is 12.0. The highest BCUT2D eigenvalue weighted by Crippen LogP contribution is 2.32. The Morgan fingerprint density at radius 3 is 2.72 bits per heavy atom. The van der Waals surface area contributed by atoms with E-state index in [0.717, 1.165) is 0 Å². The molecule has 0 unspecified atom stereocenters. The van der Waals surface area contributed by atoms with Gasteiger partial charge in [-0.25, -0.2) is 0 Å². The molecule has 3 rings (SSSR count). The molecule has 1 saturated heterocycles. The lowest BCUT2D eigenvalue weighted by Crippen LogP contribution is -2.35. The summed E-state index contributed by atoms with van der Waals surface area (Å²) in [5, 5.41) is 18.7. The Balaban J connectivity index is 1.68. The van der Waals surface area contributed by atoms with E-state index in [0.29, 0.717) is 40.4 Å². The van der Waals surface area contributed by atoms with Crippen LogP contribution in [0.15, 0.2) is 22.6 Å². The molecule has 1 aromatic heterocycles. The van der Waals surface area contributed by atoms with Gasteiger partial charge in [-0.15, -0.1) is 10.2 Å². The number of likely N-dealkylation sites (tertiary alicyclic amines) is 1. The minimum Gasteiger partial charge on any atom is -0.484 e. The Morgan fingerprint density at radius 2 is 2.08 bits per heavy atom. The van der Waals surface area contributed by atoms with E-state index in [-0.39, 0.29) is 19.1 Å². The quantitative estimate of drug-likeness (QED) is 0.850. The molecule has 25 heavy (non-hydrogen) atoms. The third-order valence-corrected chi connectivity index (χ3v) is 4.30. The Hall–Kier alpha value is -1.83. The van der Waals surface area contributed by atoms with Crippen LogP contribution >= 0.6 is 23.2 Å². The zero-order valence-corrected chi connectivity index (χ0v) is 15.0. The lowest BCUT2D eigenvalue weighted by Gasteiger charge is -2.21. The predicted octanol–water partition coefficient (Wildman–Crippen LogP) is 2.65. The van der Waals surface area contributed by atoms with Crippen LogP contribution in [0.2, 0.25) is 10.0 Å². The number of aliphatic hydroxyl groups excluding tert-OH is 1. The molecule has 0 radical (unpaired) electrons. The number of carbonyl (C=O) groups is 1. The summed E-state index contributed by atoms with van der Waals surface area (Å²) in [7, 11) is 0. The van der Waals surface area contributed by atoms with Crippen LogP contribution in [0.1, 0.15) is 31.2 Å². The number of aryl methyl sites for hydroxylation is 1. The Bertz CT molecular complexity index is 747. The van der Waals surface area contributed by atoms with E-state index in [1.165, 1.54) is 4.90 Å². The molecule has 1 fully saturated rings. The number of rotatable bonds is 5. The van der Waals surface area contributed by atoms with Crippen LogP contribution in [0.25, 0.3) is 0 Å². The van der Waals surface area contributed by atoms with Gasteiger partial charge in [0.05, 0.1) is 6.10 Å². The summed E-state index contributed by atoms with van der Waals surface area (Å²) in [5.74, 6) is 0.920. The lowest BCUT2D eigenvalue weighted by molar-refractivity contribution is -0.135. The number of halogens is 2. The van der Waals surface area contributed by atoms with Crippen molar-refractivity contribution < 1.29 is 19.1 Å². The maximum absolute atomic E-state index is 12.5. The van der Waals surface area contributed by atoms with E-state index in [1.54, 1.807) is 18.2 Å². The van der Waals surface area contributed by atoms with Crippen LogP contribution in [0.4, 0.5) is 0 Å². The third-order valence-electron chi connectivity index (χ3n) is 3.87. The molecule has 1 aromatic carbocycles. The number of hydrogen-bond donors (Lipinski definition) is 1. The molecule has 1 amide bonds. The number of benzene rings is 1. The van der Waals surface area contributed by atoms with Crippen molar-refractivity contribution in [3.63, 3.8) is 0 Å². The smallest absolute Gasteiger partial charge is 0.261 e. The van der Waals surface area contributed by atoms with Gasteiger partial charge in [0.1, 0.15) is 11.8 Å². The number of amides is 1. The molecule has 0 aliphatic carbocycles. The molecule has 2 atom stereocenters. The summed E-state index contributed by atoms with van der Waals surface area (Å²) >= 11 is 11.8. The summed E-state index contributed by atoms with van der Waals surface area (Å²) < 4.78 is 11.0. The summed E-state index contributed by atoms with van der Waals surface area (Å²) in [4.78, 5) is 14.0. The van der Waals surface area contributed by atoms with Crippen LogP contribution in [0, 0.1) is 0 Å². The second-order valence-electron chi connectivity index (χ2n) is 5.73. The predicted molar refractivity (Wildman–Crippen MR) is 90.7 cm³/mol. The standard InChI is InChI=1S/C16H17Cl2N3O4/c1-2-14-19-20-16(25-14)13-6-11(22)7-21(13)15(23)8-24-12-4-9(17)3-10(18)5-12/h3-5,11,13,22H,2,6-8H2,1H3/t11-,13-/m1/s1. The Morgan fingerprint density at radius 1 is 1.36 bits per heavy atom. The van der Waals surface area contributed by atoms with Crippen molar-refractivity contribution >= 4 is 29.1 Å². The average Bonchev–Trinajstić information content (AvgIpc) is 3.17. The number of carbonyl (C=O) groups excluding carboxylic acids is 1. The van der Waals surface area contributed by atoms with Gasteiger partial charge in [0.15, 0.2) is 6.61 Å². The van der Waals surface area contributed by atoms with E-state index in [2.05, 4.69) is 10.2 Å². The van der Waals surface area contributed by atoms with Crippen molar-refractivity contribution in [3.05, 3.63) is 40.0 Å². The molecule has 0 spiro atoms. The number of aliphatic hydroxyl groups is 1. The van der Waals surface area contributed by atoms with Crippen molar-refractivity contribution in [2.24, 2.45) is 0 Å². The highest BCUT2D eigenvalue weighted by atomic mass is 35.5. The van der Waals surface area contributed by atoms with Gasteiger partial charge in [0.2, 0.25) is 11.8 Å². The number of aromatic nitrogens is 2. The minimum atomic E-state index is -0.647. The van der Waals surface area contributed by atoms with E-state index < -0.39 is 12.1 Å². The van der Waals surface area contributed by atoms with Gasteiger partial charge >= 0.3 is 0 Å². The summed E-state index contributed by atoms with van der Waals surface area (Å²) in [6.07, 6.45) is 0.307. The fourth-order valence-corrected chi connectivity index (χ4v) is 3.21. The molecule has 2 aromatic rings. The zero-order valence-electron chi connectivity index (χ0n) is 13.5. The fourth-order valence-electron chi connectivity index (χ4n) is 2.71. The third kappa shape index (κ3) is 4.23. The number of hydrogen-bond acceptors (Lipinski definition) is 6. The molecular formula is C16H17Cl2N3O4. The molecule has 1 N–H and O–H groups in total. The van der Waals surface area contributed by atoms with Gasteiger partial charge in [-0.1, -0.05) is 30.1 Å². The van der Waals surface area contributed by atoms with E-state index >= 15 is 0 Å². The van der Waals surface area contributed by atoms with Crippen LogP contribution in [-0.4, -0.2) is 45.4 Å². The highest BCUT2D eigenvalue weighted by Gasteiger charge is 2.38. The lowest BCUT2D eigenvalue weighted by atomic mass is 10.2. The average molecular weight is 386 g/mol. The topological polar surface area (TPSA) is 88.7 Å². The first-order valence-electron chi connectivity index (χ1n) is 7.85. The van der Waals surface area contributed by atoms with Crippen LogP contribution in [-0.2, 0) is 11.2 Å². The number of β-amino-alcohol motifs (C(OH)–C–C–N with tert-alkyl or cyclic N) is 1. The first-order valence-corrected chi connectivity index (χ1v) is 8.60. The van der Waals surface area contributed by atoms with Crippen molar-refractivity contribution in [1.29, 1.82) is 0 Å². The van der Waals surface area contributed by atoms with Crippen molar-refractivity contribution in [2.45, 2.75) is 31.9 Å². The van der Waals surface area contributed by atoms with E-state index in [1.807, 2.05) is 6.92 Å². The van der Waals surface area contributed by atoms with Crippen LogP contribution in [0.3, 0.4) is 0 Å². The zero-order chi connectivity index (χ0) is 18.0. The number of ether oxygens (including phenoxy) is 1. The maximum atomic E-state index is 12.5. The first kappa shape index (κ1) is 18.0. The van der Waals surface area contributed by atoms with Crippen molar-refractivity contribution in [2.75, 3.05) is 13.2 Å². The van der Waals surface area contributed by atoms with Crippen molar-refractivity contribution in [1.82, 2.24) is 15.1 Å². The highest BCUT2D eigenvalue weighted by molar-refractivity contribution is 6.34. The second-order valence-corrected chi connectivity index (χ2v) is 6.61. The van der Waals surface area contributed by atoms with Crippen LogP contribution in [0.5, 0.6) is 5.75 Å². The van der Waals surface area contributed by atoms with Gasteiger partial charge in [-0.3, -0.25) is 4.79 Å². The van der Waals surface area contributed by atoms with Gasteiger partial charge in [-0.2, -0.15) is 0 Å².